The van der Waals surface area contributed by atoms with E-state index in [1.165, 1.54) is 67.2 Å². The highest BCUT2D eigenvalue weighted by Crippen LogP contribution is 2.16. The van der Waals surface area contributed by atoms with Gasteiger partial charge < -0.3 is 89.3 Å². The molecule has 0 spiro atoms. The average molecular weight is 1190 g/mol. The zero-order valence-electron chi connectivity index (χ0n) is 45.9. The molecule has 0 aliphatic heterocycles. The number of aliphatic carboxylic acids is 1. The molecule has 28 heteroatoms. The molecule has 4 rings (SSSR count). The first-order valence-corrected chi connectivity index (χ1v) is 27.8. The summed E-state index contributed by atoms with van der Waals surface area (Å²) in [6, 6.07) is 13.0. The van der Waals surface area contributed by atoms with Gasteiger partial charge in [-0.25, -0.2) is 4.79 Å². The second-order valence-electron chi connectivity index (χ2n) is 19.3. The summed E-state index contributed by atoms with van der Waals surface area (Å²) >= 11 is 1.30. The van der Waals surface area contributed by atoms with E-state index < -0.39 is 146 Å². The lowest BCUT2D eigenvalue weighted by Crippen LogP contribution is -2.62. The van der Waals surface area contributed by atoms with Gasteiger partial charge in [0, 0.05) is 25.7 Å². The van der Waals surface area contributed by atoms with Crippen molar-refractivity contribution < 1.29 is 83.7 Å². The number of carboxylic acids is 1. The molecular formula is C56H72N10O17S. The highest BCUT2D eigenvalue weighted by Gasteiger charge is 2.36. The predicted octanol–water partition coefficient (Wildman–Crippen LogP) is -4.11. The van der Waals surface area contributed by atoms with Gasteiger partial charge in [0.1, 0.15) is 65.9 Å². The molecule has 27 nitrogen and oxygen atoms in total. The predicted molar refractivity (Wildman–Crippen MR) is 304 cm³/mol. The molecule has 4 aromatic rings. The minimum atomic E-state index is -1.91. The van der Waals surface area contributed by atoms with Gasteiger partial charge in [-0.3, -0.25) is 43.2 Å². The maximum absolute atomic E-state index is 14.4. The summed E-state index contributed by atoms with van der Waals surface area (Å²) in [7, 11) is 0. The topological polar surface area (TPSA) is 447 Å². The Kier molecular flexibility index (Phi) is 28.0. The van der Waals surface area contributed by atoms with Crippen LogP contribution in [0.3, 0.4) is 0 Å². The molecule has 0 saturated carbocycles. The molecule has 0 radical (unpaired) electrons. The van der Waals surface area contributed by atoms with E-state index in [4.69, 9.17) is 5.73 Å². The van der Waals surface area contributed by atoms with E-state index in [9.17, 15) is 83.7 Å². The summed E-state index contributed by atoms with van der Waals surface area (Å²) in [6.07, 6.45) is -0.828. The number of aliphatic hydroxyl groups excluding tert-OH is 4. The van der Waals surface area contributed by atoms with E-state index in [1.807, 2.05) is 0 Å². The van der Waals surface area contributed by atoms with Gasteiger partial charge in [0.15, 0.2) is 0 Å². The number of amides is 9. The number of carbonyl (C=O) groups excluding carboxylic acids is 9. The quantitative estimate of drug-likeness (QED) is 0.0211. The van der Waals surface area contributed by atoms with Gasteiger partial charge in [0.05, 0.1) is 32.5 Å². The van der Waals surface area contributed by atoms with Crippen molar-refractivity contribution in [1.29, 1.82) is 0 Å². The average Bonchev–Trinajstić information content (AvgIpc) is 3.65. The van der Waals surface area contributed by atoms with E-state index in [1.54, 1.807) is 66.9 Å². The normalized spacial score (nSPS) is 14.6. The molecule has 18 N–H and O–H groups in total. The highest BCUT2D eigenvalue weighted by molar-refractivity contribution is 7.98. The maximum Gasteiger partial charge on any atom is 0.328 e. The lowest BCUT2D eigenvalue weighted by Gasteiger charge is -2.28. The van der Waals surface area contributed by atoms with Crippen molar-refractivity contribution in [1.82, 2.24) is 47.9 Å². The van der Waals surface area contributed by atoms with E-state index in [2.05, 4.69) is 47.9 Å². The number of aromatic hydroxyl groups is 2. The molecule has 4 aromatic carbocycles. The Bertz CT molecular complexity index is 2840. The number of hydrogen-bond acceptors (Lipinski definition) is 18. The SMILES string of the molecule is CSCC[C@H](NC(=O)[C@H](Cc1ccc(O)cc1)NC(=O)[C@H](Cc1ccc(O)cc1)NC(=O)[C@H](CO)NC(=O)[C@H](CO)NC(=O)[C@H](Cc1ccccc1)NC(=O)[C@@H](NC(=O)[C@H](Cc1ccccc1)NC(=O)CN)[C@@H](C)O)C(=O)N[C@@H](CO)C(=O)O. The van der Waals surface area contributed by atoms with E-state index in [0.717, 1.165) is 0 Å². The molecule has 84 heavy (non-hydrogen) atoms. The number of benzene rings is 4. The lowest BCUT2D eigenvalue weighted by molar-refractivity contribution is -0.143. The second kappa shape index (κ2) is 34.7. The van der Waals surface area contributed by atoms with Gasteiger partial charge in [-0.05, 0) is 71.9 Å². The fourth-order valence-electron chi connectivity index (χ4n) is 8.16. The van der Waals surface area contributed by atoms with Crippen molar-refractivity contribution >= 4 is 70.9 Å². The Hall–Kier alpha value is -8.67. The summed E-state index contributed by atoms with van der Waals surface area (Å²) in [5.74, 6) is -10.7. The summed E-state index contributed by atoms with van der Waals surface area (Å²) < 4.78 is 0. The van der Waals surface area contributed by atoms with Crippen LogP contribution in [0.5, 0.6) is 11.5 Å². The van der Waals surface area contributed by atoms with Crippen LogP contribution in [-0.4, -0.2) is 194 Å². The number of rotatable bonds is 34. The zero-order chi connectivity index (χ0) is 61.9. The number of carbonyl (C=O) groups is 10. The van der Waals surface area contributed by atoms with Crippen LogP contribution >= 0.6 is 11.8 Å². The van der Waals surface area contributed by atoms with Crippen LogP contribution in [-0.2, 0) is 73.6 Å². The van der Waals surface area contributed by atoms with Gasteiger partial charge in [-0.1, -0.05) is 84.9 Å². The summed E-state index contributed by atoms with van der Waals surface area (Å²) in [4.78, 5) is 136. The highest BCUT2D eigenvalue weighted by atomic mass is 32.2. The van der Waals surface area contributed by atoms with Crippen molar-refractivity contribution in [3.05, 3.63) is 131 Å². The third-order valence-electron chi connectivity index (χ3n) is 12.8. The van der Waals surface area contributed by atoms with Crippen molar-refractivity contribution in [3.63, 3.8) is 0 Å². The first-order chi connectivity index (χ1) is 40.1. The van der Waals surface area contributed by atoms with Crippen LogP contribution in [0.1, 0.15) is 35.6 Å². The number of carboxylic acid groups (broad SMARTS) is 1. The smallest absolute Gasteiger partial charge is 0.328 e. The maximum atomic E-state index is 14.4. The first kappa shape index (κ1) is 67.8. The molecule has 0 aliphatic rings. The van der Waals surface area contributed by atoms with Crippen molar-refractivity contribution in [2.75, 3.05) is 38.4 Å². The molecule has 9 amide bonds. The van der Waals surface area contributed by atoms with E-state index in [0.29, 0.717) is 22.3 Å². The molecular weight excluding hydrogens is 1120 g/mol. The number of nitrogens with one attached hydrogen (secondary N) is 9. The standard InChI is InChI=1S/C56H72N10O17S/c1-31(70)47(66-52(78)39(58-46(73)27-57)23-32-9-5-3-6-10-32)55(81)62-42(24-33-11-7-4-8-12-33)51(77)63-44(29-68)54(80)64-43(28-67)53(79)61-41(26-35-15-19-37(72)20-16-35)50(76)60-40(25-34-13-17-36(71)18-14-34)49(75)59-38(21-22-84-2)48(74)65-45(30-69)56(82)83/h3-20,31,38-45,47,67-72H,21-30,57H2,1-2H3,(H,58,73)(H,59,75)(H,60,76)(H,61,79)(H,62,81)(H,63,77)(H,64,80)(H,65,74)(H,66,78)(H,82,83)/t31-,38+,39+,40+,41+,42+,43+,44+,45+,47+/m1/s1. The molecule has 0 heterocycles. The fourth-order valence-corrected chi connectivity index (χ4v) is 8.63. The van der Waals surface area contributed by atoms with Crippen molar-refractivity contribution in [3.8, 4) is 11.5 Å². The number of phenols is 2. The van der Waals surface area contributed by atoms with E-state index in [-0.39, 0.29) is 49.4 Å². The summed E-state index contributed by atoms with van der Waals surface area (Å²) in [6.45, 7) is -2.50. The van der Waals surface area contributed by atoms with Gasteiger partial charge in [-0.2, -0.15) is 11.8 Å². The molecule has 10 atom stereocenters. The van der Waals surface area contributed by atoms with E-state index >= 15 is 0 Å². The Balaban J connectivity index is 1.57. The molecule has 454 valence electrons. The van der Waals surface area contributed by atoms with Crippen LogP contribution in [0.15, 0.2) is 109 Å². The van der Waals surface area contributed by atoms with Gasteiger partial charge in [0.25, 0.3) is 0 Å². The number of nitrogens with two attached hydrogens (primary N) is 1. The monoisotopic (exact) mass is 1190 g/mol. The molecule has 0 fully saturated rings. The molecule has 0 saturated heterocycles. The minimum absolute atomic E-state index is 0.0298. The van der Waals surface area contributed by atoms with Gasteiger partial charge in [0.2, 0.25) is 53.2 Å². The zero-order valence-corrected chi connectivity index (χ0v) is 46.8. The molecule has 0 unspecified atom stereocenters. The van der Waals surface area contributed by atoms with Gasteiger partial charge in [-0.15, -0.1) is 0 Å². The van der Waals surface area contributed by atoms with Crippen LogP contribution < -0.4 is 53.6 Å². The lowest BCUT2D eigenvalue weighted by atomic mass is 10.0. The van der Waals surface area contributed by atoms with Crippen LogP contribution in [0.4, 0.5) is 0 Å². The van der Waals surface area contributed by atoms with Crippen LogP contribution in [0.25, 0.3) is 0 Å². The molecule has 0 bridgehead atoms. The number of hydrogen-bond donors (Lipinski definition) is 17. The second-order valence-corrected chi connectivity index (χ2v) is 20.3. The van der Waals surface area contributed by atoms with Gasteiger partial charge >= 0.3 is 5.97 Å². The number of thioether (sulfide) groups is 1. The van der Waals surface area contributed by atoms with Crippen LogP contribution in [0.2, 0.25) is 0 Å². The summed E-state index contributed by atoms with van der Waals surface area (Å²) in [5.41, 5.74) is 7.33. The number of aliphatic hydroxyl groups is 4. The Morgan fingerprint density at radius 1 is 0.429 bits per heavy atom. The largest absolute Gasteiger partial charge is 0.508 e. The molecule has 0 aromatic heterocycles. The Morgan fingerprint density at radius 2 is 0.738 bits per heavy atom. The fraction of sp³-hybridized carbons (Fsp3) is 0.393. The van der Waals surface area contributed by atoms with Crippen molar-refractivity contribution in [2.45, 2.75) is 99.5 Å². The molecule has 0 aliphatic carbocycles. The van der Waals surface area contributed by atoms with Crippen molar-refractivity contribution in [2.24, 2.45) is 5.73 Å². The summed E-state index contributed by atoms with van der Waals surface area (Å²) in [5, 5.41) is 92.2. The Labute approximate surface area is 487 Å². The Morgan fingerprint density at radius 3 is 1.10 bits per heavy atom. The third kappa shape index (κ3) is 22.2. The minimum Gasteiger partial charge on any atom is -0.508 e. The first-order valence-electron chi connectivity index (χ1n) is 26.4. The van der Waals surface area contributed by atoms with Crippen LogP contribution in [0, 0.1) is 0 Å². The number of phenolic OH excluding ortho intramolecular Hbond substituents is 2. The third-order valence-corrected chi connectivity index (χ3v) is 13.4.